The molecule has 2 N–H and O–H groups in total. The predicted octanol–water partition coefficient (Wildman–Crippen LogP) is 7.15. The minimum atomic E-state index is -0.515. The van der Waals surface area contributed by atoms with E-state index in [0.717, 1.165) is 28.5 Å². The van der Waals surface area contributed by atoms with Crippen LogP contribution >= 0.6 is 0 Å². The Balaban J connectivity index is 0.00000156. The second-order valence-electron chi connectivity index (χ2n) is 9.42. The fourth-order valence-corrected chi connectivity index (χ4v) is 4.26. The zero-order chi connectivity index (χ0) is 27.0. The second kappa shape index (κ2) is 10.1. The molecule has 7 heteroatoms. The van der Waals surface area contributed by atoms with E-state index in [1.807, 2.05) is 54.5 Å². The molecule has 7 nitrogen and oxygen atoms in total. The van der Waals surface area contributed by atoms with Gasteiger partial charge in [0, 0.05) is 33.8 Å². The smallest absolute Gasteiger partial charge is 0.344 e. The summed E-state index contributed by atoms with van der Waals surface area (Å²) in [6.45, 7) is 18.1. The standard InChI is InChI=1S/C28H27N3O4.C2H6/c1-7-20(30-15(6)13(2)3)17-10-22-25-23(11-17)35-28(33)19-9-16(8-18(24(19)25)27(32)34-22)21-12-29-26(31-21)14(4)5;1-2/h7-14,30H,6H2,1-5H3,(H,29,31);1-2H3/b20-7-;. The van der Waals surface area contributed by atoms with Gasteiger partial charge in [0.25, 0.3) is 0 Å². The Hall–Kier alpha value is -4.13. The topological polar surface area (TPSA) is 101 Å². The van der Waals surface area contributed by atoms with E-state index in [1.165, 1.54) is 0 Å². The number of nitrogens with one attached hydrogen (secondary N) is 2. The molecule has 0 atom stereocenters. The molecule has 3 aromatic heterocycles. The molecule has 0 aliphatic carbocycles. The molecule has 0 unspecified atom stereocenters. The van der Waals surface area contributed by atoms with E-state index in [-0.39, 0.29) is 11.8 Å². The monoisotopic (exact) mass is 499 g/mol. The maximum atomic E-state index is 13.1. The van der Waals surface area contributed by atoms with Crippen LogP contribution in [0.3, 0.4) is 0 Å². The van der Waals surface area contributed by atoms with Gasteiger partial charge in [-0.3, -0.25) is 0 Å². The number of allylic oxidation sites excluding steroid dienone is 2. The van der Waals surface area contributed by atoms with Crippen LogP contribution in [0.5, 0.6) is 0 Å². The molecular weight excluding hydrogens is 466 g/mol. The van der Waals surface area contributed by atoms with Crippen molar-refractivity contribution in [1.82, 2.24) is 15.3 Å². The molecule has 3 heterocycles. The van der Waals surface area contributed by atoms with E-state index in [9.17, 15) is 9.59 Å². The van der Waals surface area contributed by atoms with Gasteiger partial charge in [-0.25, -0.2) is 14.6 Å². The largest absolute Gasteiger partial charge is 0.422 e. The molecule has 0 aliphatic rings. The highest BCUT2D eigenvalue weighted by Crippen LogP contribution is 2.35. The summed E-state index contributed by atoms with van der Waals surface area (Å²) in [5.41, 5.74) is 3.42. The molecule has 0 saturated heterocycles. The fourth-order valence-electron chi connectivity index (χ4n) is 4.26. The first-order valence-corrected chi connectivity index (χ1v) is 12.7. The van der Waals surface area contributed by atoms with E-state index < -0.39 is 11.3 Å². The van der Waals surface area contributed by atoms with Crippen LogP contribution in [-0.2, 0) is 0 Å². The quantitative estimate of drug-likeness (QED) is 0.190. The summed E-state index contributed by atoms with van der Waals surface area (Å²) in [5.74, 6) is 1.27. The van der Waals surface area contributed by atoms with Gasteiger partial charge in [-0.15, -0.1) is 0 Å². The maximum absolute atomic E-state index is 13.1. The summed E-state index contributed by atoms with van der Waals surface area (Å²) in [5, 5.41) is 5.12. The van der Waals surface area contributed by atoms with E-state index in [0.29, 0.717) is 38.3 Å². The summed E-state index contributed by atoms with van der Waals surface area (Å²) in [4.78, 5) is 33.9. The third-order valence-corrected chi connectivity index (χ3v) is 6.34. The molecule has 2 aromatic carbocycles. The SMILES string of the molecule is C=C(N/C(=C\C)c1cc2oc(=O)c3cc(-c4cnc(C(C)C)[nH]4)cc4c(=O)oc(c1)c2c34)C(C)C.CC. The van der Waals surface area contributed by atoms with Crippen LogP contribution in [0.4, 0.5) is 0 Å². The van der Waals surface area contributed by atoms with Crippen LogP contribution in [0.15, 0.2) is 67.2 Å². The number of benzene rings is 2. The van der Waals surface area contributed by atoms with Crippen molar-refractivity contribution < 1.29 is 8.83 Å². The number of nitrogens with zero attached hydrogens (tertiary/aromatic N) is 1. The first-order valence-electron chi connectivity index (χ1n) is 12.7. The fraction of sp³-hybridized carbons (Fsp3) is 0.300. The molecule has 0 aliphatic heterocycles. The Kier molecular flexibility index (Phi) is 7.07. The van der Waals surface area contributed by atoms with Crippen LogP contribution in [-0.4, -0.2) is 9.97 Å². The number of H-pyrrole nitrogens is 1. The third-order valence-electron chi connectivity index (χ3n) is 6.34. The van der Waals surface area contributed by atoms with Gasteiger partial charge in [0.2, 0.25) is 0 Å². The average molecular weight is 500 g/mol. The summed E-state index contributed by atoms with van der Waals surface area (Å²) >= 11 is 0. The Morgan fingerprint density at radius 3 is 2.00 bits per heavy atom. The van der Waals surface area contributed by atoms with E-state index >= 15 is 0 Å². The van der Waals surface area contributed by atoms with Gasteiger partial charge in [-0.1, -0.05) is 54.2 Å². The number of rotatable bonds is 6. The Morgan fingerprint density at radius 1 is 0.973 bits per heavy atom. The minimum Gasteiger partial charge on any atom is -0.422 e. The first-order chi connectivity index (χ1) is 17.7. The lowest BCUT2D eigenvalue weighted by Gasteiger charge is -2.17. The van der Waals surface area contributed by atoms with Gasteiger partial charge in [0.1, 0.15) is 17.0 Å². The van der Waals surface area contributed by atoms with Gasteiger partial charge in [-0.2, -0.15) is 0 Å². The lowest BCUT2D eigenvalue weighted by Crippen LogP contribution is -2.15. The molecule has 5 aromatic rings. The minimum absolute atomic E-state index is 0.215. The maximum Gasteiger partial charge on any atom is 0.344 e. The van der Waals surface area contributed by atoms with Crippen LogP contribution in [0, 0.1) is 5.92 Å². The van der Waals surface area contributed by atoms with Crippen molar-refractivity contribution in [1.29, 1.82) is 0 Å². The van der Waals surface area contributed by atoms with Crippen molar-refractivity contribution in [2.45, 2.75) is 54.4 Å². The predicted molar refractivity (Wildman–Crippen MR) is 151 cm³/mol. The van der Waals surface area contributed by atoms with Gasteiger partial charge in [-0.05, 0) is 37.1 Å². The Labute approximate surface area is 215 Å². The van der Waals surface area contributed by atoms with Gasteiger partial charge in [0.05, 0.1) is 28.0 Å². The molecule has 0 amide bonds. The number of hydrogen-bond donors (Lipinski definition) is 2. The summed E-state index contributed by atoms with van der Waals surface area (Å²) in [7, 11) is 0. The first kappa shape index (κ1) is 25.9. The summed E-state index contributed by atoms with van der Waals surface area (Å²) < 4.78 is 11.5. The van der Waals surface area contributed by atoms with Gasteiger partial charge < -0.3 is 19.1 Å². The van der Waals surface area contributed by atoms with Gasteiger partial charge >= 0.3 is 11.3 Å². The van der Waals surface area contributed by atoms with Crippen molar-refractivity contribution >= 4 is 38.4 Å². The zero-order valence-electron chi connectivity index (χ0n) is 22.4. The molecule has 5 rings (SSSR count). The van der Waals surface area contributed by atoms with E-state index in [2.05, 4.69) is 21.9 Å². The van der Waals surface area contributed by atoms with E-state index in [1.54, 1.807) is 30.5 Å². The van der Waals surface area contributed by atoms with Crippen molar-refractivity contribution in [2.75, 3.05) is 0 Å². The zero-order valence-corrected chi connectivity index (χ0v) is 22.4. The molecule has 192 valence electrons. The summed E-state index contributed by atoms with van der Waals surface area (Å²) in [6.07, 6.45) is 3.60. The lowest BCUT2D eigenvalue weighted by atomic mass is 9.98. The molecule has 0 fully saturated rings. The number of imidazole rings is 1. The highest BCUT2D eigenvalue weighted by atomic mass is 16.4. The normalized spacial score (nSPS) is 12.1. The highest BCUT2D eigenvalue weighted by Gasteiger charge is 2.21. The van der Waals surface area contributed by atoms with Crippen LogP contribution < -0.4 is 16.6 Å². The van der Waals surface area contributed by atoms with Crippen molar-refractivity contribution in [2.24, 2.45) is 5.92 Å². The van der Waals surface area contributed by atoms with Gasteiger partial charge in [0.15, 0.2) is 0 Å². The molecule has 37 heavy (non-hydrogen) atoms. The van der Waals surface area contributed by atoms with Crippen LogP contribution in [0.25, 0.3) is 49.7 Å². The average Bonchev–Trinajstić information content (AvgIpc) is 3.38. The molecule has 0 bridgehead atoms. The van der Waals surface area contributed by atoms with Crippen LogP contribution in [0.1, 0.15) is 65.8 Å². The Bertz CT molecular complexity index is 1670. The van der Waals surface area contributed by atoms with Crippen molar-refractivity contribution in [3.8, 4) is 11.3 Å². The lowest BCUT2D eigenvalue weighted by molar-refractivity contribution is 0.557. The molecule has 0 radical (unpaired) electrons. The number of hydrogen-bond acceptors (Lipinski definition) is 6. The number of aromatic nitrogens is 2. The highest BCUT2D eigenvalue weighted by molar-refractivity contribution is 6.20. The molecule has 0 spiro atoms. The van der Waals surface area contributed by atoms with Crippen molar-refractivity contribution in [3.63, 3.8) is 0 Å². The molecule has 0 saturated carbocycles. The second-order valence-corrected chi connectivity index (χ2v) is 9.42. The number of aromatic amines is 1. The van der Waals surface area contributed by atoms with Crippen LogP contribution in [0.2, 0.25) is 0 Å². The summed E-state index contributed by atoms with van der Waals surface area (Å²) in [6, 6.07) is 7.06. The third kappa shape index (κ3) is 4.57. The van der Waals surface area contributed by atoms with Crippen molar-refractivity contribution in [3.05, 3.63) is 81.0 Å². The Morgan fingerprint density at radius 2 is 1.54 bits per heavy atom. The van der Waals surface area contributed by atoms with E-state index in [4.69, 9.17) is 8.83 Å². The molecular formula is C30H33N3O4.